The van der Waals surface area contributed by atoms with E-state index < -0.39 is 24.5 Å². The highest BCUT2D eigenvalue weighted by atomic mass is 16.5. The van der Waals surface area contributed by atoms with Crippen LogP contribution in [-0.4, -0.2) is 43.3 Å². The van der Waals surface area contributed by atoms with E-state index in [4.69, 9.17) is 9.84 Å². The number of aliphatic hydroxyl groups is 1. The fraction of sp³-hybridized carbons (Fsp3) is 0.429. The molecule has 6 heteroatoms. The summed E-state index contributed by atoms with van der Waals surface area (Å²) in [6.07, 6.45) is 0.817. The van der Waals surface area contributed by atoms with Crippen LogP contribution in [-0.2, 0) is 9.53 Å². The number of para-hydroxylation sites is 1. The number of hydrogen-bond donors (Lipinski definition) is 2. The Bertz CT molecular complexity index is 461. The predicted octanol–water partition coefficient (Wildman–Crippen LogP) is 0.739. The van der Waals surface area contributed by atoms with Crippen molar-refractivity contribution in [3.05, 3.63) is 29.8 Å². The molecule has 0 aliphatic rings. The molecule has 20 heavy (non-hydrogen) atoms. The molecule has 6 nitrogen and oxygen atoms in total. The number of benzene rings is 1. The van der Waals surface area contributed by atoms with Crippen molar-refractivity contribution in [2.75, 3.05) is 20.3 Å². The Morgan fingerprint density at radius 2 is 2.05 bits per heavy atom. The number of rotatable bonds is 7. The Morgan fingerprint density at radius 1 is 1.35 bits per heavy atom. The fourth-order valence-electron chi connectivity index (χ4n) is 1.55. The third kappa shape index (κ3) is 4.24. The Labute approximate surface area is 117 Å². The van der Waals surface area contributed by atoms with Crippen LogP contribution in [0.1, 0.15) is 23.7 Å². The van der Waals surface area contributed by atoms with Gasteiger partial charge in [-0.1, -0.05) is 19.1 Å². The zero-order valence-electron chi connectivity index (χ0n) is 11.6. The molecule has 0 saturated carbocycles. The second-order valence-electron chi connectivity index (χ2n) is 4.08. The lowest BCUT2D eigenvalue weighted by Crippen LogP contribution is -2.44. The van der Waals surface area contributed by atoms with Crippen molar-refractivity contribution in [2.24, 2.45) is 0 Å². The van der Waals surface area contributed by atoms with Gasteiger partial charge in [-0.2, -0.15) is 0 Å². The standard InChI is InChI=1S/C14H19NO5/c1-3-8-20-12-7-5-4-6-10(12)13(17)15-11(9-16)14(18)19-2/h4-7,11,16H,3,8-9H2,1-2H3,(H,15,17)/t11-/m0/s1. The van der Waals surface area contributed by atoms with Crippen molar-refractivity contribution in [1.82, 2.24) is 5.32 Å². The Morgan fingerprint density at radius 3 is 2.65 bits per heavy atom. The van der Waals surface area contributed by atoms with E-state index in [0.29, 0.717) is 17.9 Å². The molecule has 0 fully saturated rings. The largest absolute Gasteiger partial charge is 0.493 e. The molecule has 1 amide bonds. The molecule has 0 aliphatic heterocycles. The van der Waals surface area contributed by atoms with Crippen LogP contribution in [0.4, 0.5) is 0 Å². The van der Waals surface area contributed by atoms with Gasteiger partial charge in [-0.15, -0.1) is 0 Å². The van der Waals surface area contributed by atoms with E-state index in [9.17, 15) is 9.59 Å². The van der Waals surface area contributed by atoms with Crippen LogP contribution in [0.2, 0.25) is 0 Å². The van der Waals surface area contributed by atoms with E-state index in [0.717, 1.165) is 6.42 Å². The Kier molecular flexibility index (Phi) is 6.52. The van der Waals surface area contributed by atoms with Crippen LogP contribution in [0.25, 0.3) is 0 Å². The second kappa shape index (κ2) is 8.16. The summed E-state index contributed by atoms with van der Waals surface area (Å²) in [6.45, 7) is 1.92. The van der Waals surface area contributed by atoms with Crippen LogP contribution in [0, 0.1) is 0 Å². The molecule has 1 aromatic carbocycles. The minimum Gasteiger partial charge on any atom is -0.493 e. The van der Waals surface area contributed by atoms with Crippen molar-refractivity contribution in [3.63, 3.8) is 0 Å². The summed E-state index contributed by atoms with van der Waals surface area (Å²) in [4.78, 5) is 23.4. The van der Waals surface area contributed by atoms with Gasteiger partial charge in [-0.3, -0.25) is 4.79 Å². The van der Waals surface area contributed by atoms with E-state index in [2.05, 4.69) is 10.1 Å². The topological polar surface area (TPSA) is 84.9 Å². The Balaban J connectivity index is 2.83. The van der Waals surface area contributed by atoms with E-state index in [-0.39, 0.29) is 0 Å². The lowest BCUT2D eigenvalue weighted by Gasteiger charge is -2.15. The molecule has 0 bridgehead atoms. The average molecular weight is 281 g/mol. The van der Waals surface area contributed by atoms with Gasteiger partial charge in [0.1, 0.15) is 5.75 Å². The Hall–Kier alpha value is -2.08. The van der Waals surface area contributed by atoms with Gasteiger partial charge in [-0.05, 0) is 18.6 Å². The maximum atomic E-state index is 12.1. The number of ether oxygens (including phenoxy) is 2. The second-order valence-corrected chi connectivity index (χ2v) is 4.08. The summed E-state index contributed by atoms with van der Waals surface area (Å²) in [6, 6.07) is 5.63. The van der Waals surface area contributed by atoms with Gasteiger partial charge in [-0.25, -0.2) is 4.79 Å². The summed E-state index contributed by atoms with van der Waals surface area (Å²) in [7, 11) is 1.19. The van der Waals surface area contributed by atoms with Gasteiger partial charge in [0.25, 0.3) is 5.91 Å². The fourth-order valence-corrected chi connectivity index (χ4v) is 1.55. The summed E-state index contributed by atoms with van der Waals surface area (Å²) in [5.74, 6) is -0.762. The normalized spacial score (nSPS) is 11.6. The van der Waals surface area contributed by atoms with Gasteiger partial charge in [0.2, 0.25) is 0 Å². The number of aliphatic hydroxyl groups excluding tert-OH is 1. The molecule has 0 saturated heterocycles. The molecular weight excluding hydrogens is 262 g/mol. The molecule has 0 aliphatic carbocycles. The van der Waals surface area contributed by atoms with Crippen LogP contribution < -0.4 is 10.1 Å². The first kappa shape index (κ1) is 16.0. The predicted molar refractivity (Wildman–Crippen MR) is 72.6 cm³/mol. The SMILES string of the molecule is CCCOc1ccccc1C(=O)N[C@@H](CO)C(=O)OC. The molecule has 0 unspecified atom stereocenters. The molecule has 1 rings (SSSR count). The van der Waals surface area contributed by atoms with Crippen molar-refractivity contribution < 1.29 is 24.2 Å². The van der Waals surface area contributed by atoms with Crippen LogP contribution in [0.15, 0.2) is 24.3 Å². The minimum atomic E-state index is -1.09. The van der Waals surface area contributed by atoms with Crippen LogP contribution in [0.3, 0.4) is 0 Å². The van der Waals surface area contributed by atoms with Crippen molar-refractivity contribution in [1.29, 1.82) is 0 Å². The van der Waals surface area contributed by atoms with Crippen LogP contribution in [0.5, 0.6) is 5.75 Å². The van der Waals surface area contributed by atoms with Crippen LogP contribution >= 0.6 is 0 Å². The first-order valence-electron chi connectivity index (χ1n) is 6.35. The number of carbonyl (C=O) groups excluding carboxylic acids is 2. The third-order valence-electron chi connectivity index (χ3n) is 2.57. The molecule has 0 heterocycles. The molecule has 1 aromatic rings. The summed E-state index contributed by atoms with van der Waals surface area (Å²) in [5, 5.41) is 11.5. The number of carbonyl (C=O) groups is 2. The van der Waals surface area contributed by atoms with E-state index >= 15 is 0 Å². The van der Waals surface area contributed by atoms with Gasteiger partial charge in [0.05, 0.1) is 25.9 Å². The molecule has 0 spiro atoms. The molecule has 0 radical (unpaired) electrons. The highest BCUT2D eigenvalue weighted by molar-refractivity contribution is 5.99. The zero-order chi connectivity index (χ0) is 15.0. The number of amides is 1. The molecule has 2 N–H and O–H groups in total. The maximum absolute atomic E-state index is 12.1. The zero-order valence-corrected chi connectivity index (χ0v) is 11.6. The van der Waals surface area contributed by atoms with Gasteiger partial charge < -0.3 is 19.9 Å². The lowest BCUT2D eigenvalue weighted by atomic mass is 10.1. The van der Waals surface area contributed by atoms with Crippen molar-refractivity contribution in [2.45, 2.75) is 19.4 Å². The summed E-state index contributed by atoms with van der Waals surface area (Å²) in [5.41, 5.74) is 0.309. The van der Waals surface area contributed by atoms with Gasteiger partial charge >= 0.3 is 5.97 Å². The maximum Gasteiger partial charge on any atom is 0.330 e. The highest BCUT2D eigenvalue weighted by Gasteiger charge is 2.22. The van der Waals surface area contributed by atoms with Gasteiger partial charge in [0.15, 0.2) is 6.04 Å². The smallest absolute Gasteiger partial charge is 0.330 e. The average Bonchev–Trinajstić information content (AvgIpc) is 2.49. The molecular formula is C14H19NO5. The summed E-state index contributed by atoms with van der Waals surface area (Å²) >= 11 is 0. The number of esters is 1. The molecule has 1 atom stereocenters. The first-order valence-corrected chi connectivity index (χ1v) is 6.35. The van der Waals surface area contributed by atoms with E-state index in [1.54, 1.807) is 24.3 Å². The van der Waals surface area contributed by atoms with Gasteiger partial charge in [0, 0.05) is 0 Å². The van der Waals surface area contributed by atoms with E-state index in [1.165, 1.54) is 7.11 Å². The highest BCUT2D eigenvalue weighted by Crippen LogP contribution is 2.18. The van der Waals surface area contributed by atoms with Crippen molar-refractivity contribution in [3.8, 4) is 5.75 Å². The van der Waals surface area contributed by atoms with E-state index in [1.807, 2.05) is 6.92 Å². The first-order chi connectivity index (χ1) is 9.63. The third-order valence-corrected chi connectivity index (χ3v) is 2.57. The van der Waals surface area contributed by atoms with Crippen molar-refractivity contribution >= 4 is 11.9 Å². The molecule has 0 aromatic heterocycles. The summed E-state index contributed by atoms with van der Waals surface area (Å²) < 4.78 is 9.96. The number of methoxy groups -OCH3 is 1. The number of nitrogens with one attached hydrogen (secondary N) is 1. The lowest BCUT2D eigenvalue weighted by molar-refractivity contribution is -0.143. The monoisotopic (exact) mass is 281 g/mol. The quantitative estimate of drug-likeness (QED) is 0.720. The molecule has 110 valence electrons. The minimum absolute atomic E-state index is 0.309. The number of hydrogen-bond acceptors (Lipinski definition) is 5.